The Bertz CT molecular complexity index is 562. The van der Waals surface area contributed by atoms with Gasteiger partial charge in [-0.15, -0.1) is 0 Å². The number of carboxylic acid groups (broad SMARTS) is 1. The fourth-order valence-corrected chi connectivity index (χ4v) is 4.11. The van der Waals surface area contributed by atoms with E-state index in [1.54, 1.807) is 6.07 Å². The minimum atomic E-state index is -0.993. The van der Waals surface area contributed by atoms with E-state index in [0.717, 1.165) is 24.8 Å². The maximum atomic E-state index is 11.2. The van der Waals surface area contributed by atoms with E-state index >= 15 is 0 Å². The molecule has 114 valence electrons. The molecular formula is C16H20ClNO3. The minimum absolute atomic E-state index is 0.159. The van der Waals surface area contributed by atoms with Gasteiger partial charge in [-0.05, 0) is 36.8 Å². The van der Waals surface area contributed by atoms with Crippen LogP contribution in [0.15, 0.2) is 18.2 Å². The van der Waals surface area contributed by atoms with E-state index in [9.17, 15) is 9.90 Å². The monoisotopic (exact) mass is 309 g/mol. The van der Waals surface area contributed by atoms with Crippen LogP contribution in [0.25, 0.3) is 0 Å². The van der Waals surface area contributed by atoms with Crippen molar-refractivity contribution in [3.05, 3.63) is 34.3 Å². The fraction of sp³-hybridized carbons (Fsp3) is 0.562. The Balaban J connectivity index is 1.85. The van der Waals surface area contributed by atoms with Crippen molar-refractivity contribution in [2.75, 3.05) is 0 Å². The van der Waals surface area contributed by atoms with Gasteiger partial charge in [0, 0.05) is 18.6 Å². The number of fused-ring (bicyclic) bond motifs is 2. The maximum Gasteiger partial charge on any atom is 0.337 e. The molecule has 0 aliphatic carbocycles. The molecule has 2 heterocycles. The zero-order valence-electron chi connectivity index (χ0n) is 12.0. The summed E-state index contributed by atoms with van der Waals surface area (Å²) >= 11 is 6.25. The third kappa shape index (κ3) is 2.56. The molecule has 1 aromatic carbocycles. The Labute approximate surface area is 129 Å². The molecule has 4 nitrogen and oxygen atoms in total. The van der Waals surface area contributed by atoms with Gasteiger partial charge in [0.25, 0.3) is 0 Å². The predicted molar refractivity (Wildman–Crippen MR) is 80.6 cm³/mol. The van der Waals surface area contributed by atoms with Gasteiger partial charge in [0.05, 0.1) is 16.7 Å². The maximum absolute atomic E-state index is 11.2. The summed E-state index contributed by atoms with van der Waals surface area (Å²) in [5.74, 6) is -0.738. The van der Waals surface area contributed by atoms with E-state index in [4.69, 9.17) is 16.7 Å². The molecule has 2 N–H and O–H groups in total. The Hall–Kier alpha value is -1.10. The lowest BCUT2D eigenvalue weighted by Crippen LogP contribution is -2.49. The van der Waals surface area contributed by atoms with Gasteiger partial charge in [0.1, 0.15) is 0 Å². The number of piperidine rings is 1. The van der Waals surface area contributed by atoms with Gasteiger partial charge in [0.2, 0.25) is 0 Å². The third-order valence-electron chi connectivity index (χ3n) is 5.08. The standard InChI is InChI=1S/C16H20ClNO3/c1-9-13-6-5-11(7-14(9)19)18(13)8-10-3-2-4-12(15(10)17)16(20)21/h2-4,9,11,13-14,19H,5-8H2,1H3,(H,20,21). The van der Waals surface area contributed by atoms with E-state index in [0.29, 0.717) is 23.7 Å². The van der Waals surface area contributed by atoms with Crippen molar-refractivity contribution in [3.63, 3.8) is 0 Å². The summed E-state index contributed by atoms with van der Waals surface area (Å²) in [6.07, 6.45) is 2.77. The molecule has 21 heavy (non-hydrogen) atoms. The molecule has 3 rings (SSSR count). The molecule has 0 aromatic heterocycles. The summed E-state index contributed by atoms with van der Waals surface area (Å²) in [7, 11) is 0. The van der Waals surface area contributed by atoms with E-state index < -0.39 is 5.97 Å². The first kappa shape index (κ1) is 14.8. The first-order valence-electron chi connectivity index (χ1n) is 7.43. The highest BCUT2D eigenvalue weighted by molar-refractivity contribution is 6.34. The lowest BCUT2D eigenvalue weighted by atomic mass is 9.88. The Kier molecular flexibility index (Phi) is 3.95. The van der Waals surface area contributed by atoms with Crippen LogP contribution in [0.2, 0.25) is 5.02 Å². The number of benzene rings is 1. The molecule has 4 unspecified atom stereocenters. The van der Waals surface area contributed by atoms with Crippen LogP contribution in [-0.4, -0.2) is 39.3 Å². The molecule has 2 fully saturated rings. The number of hydrogen-bond acceptors (Lipinski definition) is 3. The van der Waals surface area contributed by atoms with Gasteiger partial charge >= 0.3 is 5.97 Å². The first-order chi connectivity index (χ1) is 9.99. The Morgan fingerprint density at radius 1 is 1.43 bits per heavy atom. The summed E-state index contributed by atoms with van der Waals surface area (Å²) in [6, 6.07) is 5.92. The number of aliphatic hydroxyl groups excluding tert-OH is 1. The Morgan fingerprint density at radius 2 is 2.19 bits per heavy atom. The Morgan fingerprint density at radius 3 is 2.90 bits per heavy atom. The normalized spacial score (nSPS) is 32.3. The van der Waals surface area contributed by atoms with Gasteiger partial charge < -0.3 is 10.2 Å². The van der Waals surface area contributed by atoms with E-state index in [1.807, 2.05) is 6.07 Å². The molecule has 2 saturated heterocycles. The topological polar surface area (TPSA) is 60.8 Å². The lowest BCUT2D eigenvalue weighted by molar-refractivity contribution is -0.0147. The van der Waals surface area contributed by atoms with Gasteiger partial charge in [-0.3, -0.25) is 4.90 Å². The molecule has 2 aliphatic rings. The smallest absolute Gasteiger partial charge is 0.337 e. The summed E-state index contributed by atoms with van der Waals surface area (Å²) in [6.45, 7) is 2.76. The number of carboxylic acids is 1. The SMILES string of the molecule is CC1C(O)CC2CCC1N2Cc1cccc(C(=O)O)c1Cl. The number of halogens is 1. The van der Waals surface area contributed by atoms with Crippen LogP contribution in [0, 0.1) is 5.92 Å². The second-order valence-electron chi connectivity index (χ2n) is 6.22. The average molecular weight is 310 g/mol. The van der Waals surface area contributed by atoms with Crippen molar-refractivity contribution < 1.29 is 15.0 Å². The van der Waals surface area contributed by atoms with Gasteiger partial charge in [-0.2, -0.15) is 0 Å². The summed E-state index contributed by atoms with van der Waals surface area (Å²) in [5.41, 5.74) is 1.02. The van der Waals surface area contributed by atoms with Crippen LogP contribution < -0.4 is 0 Å². The molecule has 0 radical (unpaired) electrons. The average Bonchev–Trinajstić information content (AvgIpc) is 2.75. The van der Waals surface area contributed by atoms with Gasteiger partial charge in [-0.25, -0.2) is 4.79 Å². The van der Waals surface area contributed by atoms with Crippen molar-refractivity contribution >= 4 is 17.6 Å². The van der Waals surface area contributed by atoms with Crippen molar-refractivity contribution in [1.29, 1.82) is 0 Å². The molecule has 0 amide bonds. The van der Waals surface area contributed by atoms with Crippen molar-refractivity contribution in [2.45, 2.75) is 50.9 Å². The quantitative estimate of drug-likeness (QED) is 0.901. The second-order valence-corrected chi connectivity index (χ2v) is 6.59. The van der Waals surface area contributed by atoms with Crippen molar-refractivity contribution in [2.24, 2.45) is 5.92 Å². The van der Waals surface area contributed by atoms with Crippen LogP contribution in [0.5, 0.6) is 0 Å². The largest absolute Gasteiger partial charge is 0.478 e. The molecular weight excluding hydrogens is 290 g/mol. The number of nitrogens with zero attached hydrogens (tertiary/aromatic N) is 1. The van der Waals surface area contributed by atoms with Crippen LogP contribution in [0.1, 0.15) is 42.1 Å². The number of aliphatic hydroxyl groups is 1. The number of aromatic carboxylic acids is 1. The van der Waals surface area contributed by atoms with Gasteiger partial charge in [-0.1, -0.05) is 30.7 Å². The summed E-state index contributed by atoms with van der Waals surface area (Å²) in [5, 5.41) is 19.6. The minimum Gasteiger partial charge on any atom is -0.478 e. The highest BCUT2D eigenvalue weighted by Gasteiger charge is 2.44. The van der Waals surface area contributed by atoms with Crippen LogP contribution >= 0.6 is 11.6 Å². The van der Waals surface area contributed by atoms with Crippen molar-refractivity contribution in [3.8, 4) is 0 Å². The van der Waals surface area contributed by atoms with E-state index in [-0.39, 0.29) is 17.6 Å². The summed E-state index contributed by atoms with van der Waals surface area (Å²) < 4.78 is 0. The molecule has 4 atom stereocenters. The highest BCUT2D eigenvalue weighted by Crippen LogP contribution is 2.40. The van der Waals surface area contributed by atoms with Crippen LogP contribution in [0.3, 0.4) is 0 Å². The number of rotatable bonds is 3. The van der Waals surface area contributed by atoms with Crippen LogP contribution in [-0.2, 0) is 6.54 Å². The first-order valence-corrected chi connectivity index (χ1v) is 7.81. The van der Waals surface area contributed by atoms with Crippen LogP contribution in [0.4, 0.5) is 0 Å². The second kappa shape index (κ2) is 5.59. The zero-order chi connectivity index (χ0) is 15.1. The molecule has 0 spiro atoms. The van der Waals surface area contributed by atoms with E-state index in [2.05, 4.69) is 11.8 Å². The van der Waals surface area contributed by atoms with Gasteiger partial charge in [0.15, 0.2) is 0 Å². The van der Waals surface area contributed by atoms with Crippen molar-refractivity contribution in [1.82, 2.24) is 4.90 Å². The molecule has 2 aliphatic heterocycles. The molecule has 5 heteroatoms. The lowest BCUT2D eigenvalue weighted by Gasteiger charge is -2.41. The summed E-state index contributed by atoms with van der Waals surface area (Å²) in [4.78, 5) is 13.6. The molecule has 2 bridgehead atoms. The molecule has 1 aromatic rings. The highest BCUT2D eigenvalue weighted by atomic mass is 35.5. The third-order valence-corrected chi connectivity index (χ3v) is 5.53. The fourth-order valence-electron chi connectivity index (χ4n) is 3.84. The number of hydrogen-bond donors (Lipinski definition) is 2. The molecule has 0 saturated carbocycles. The number of carbonyl (C=O) groups is 1. The zero-order valence-corrected chi connectivity index (χ0v) is 12.8. The predicted octanol–water partition coefficient (Wildman–Crippen LogP) is 2.77. The van der Waals surface area contributed by atoms with E-state index in [1.165, 1.54) is 6.07 Å².